The number of nitrogens with zero attached hydrogens (tertiary/aromatic N) is 1. The summed E-state index contributed by atoms with van der Waals surface area (Å²) in [6.45, 7) is 1.71. The first-order chi connectivity index (χ1) is 15.5. The summed E-state index contributed by atoms with van der Waals surface area (Å²) in [5.74, 6) is -1.93. The quantitative estimate of drug-likeness (QED) is 0.316. The summed E-state index contributed by atoms with van der Waals surface area (Å²) in [6.07, 6.45) is -0.245. The lowest BCUT2D eigenvalue weighted by molar-refractivity contribution is -0.147. The molecule has 0 aliphatic carbocycles. The highest BCUT2D eigenvalue weighted by Gasteiger charge is 2.46. The summed E-state index contributed by atoms with van der Waals surface area (Å²) in [7, 11) is -3.41. The lowest BCUT2D eigenvalue weighted by Gasteiger charge is -2.29. The molecule has 1 heterocycles. The Morgan fingerprint density at radius 3 is 1.69 bits per heavy atom. The third kappa shape index (κ3) is 3.78. The van der Waals surface area contributed by atoms with Gasteiger partial charge < -0.3 is 9.30 Å². The van der Waals surface area contributed by atoms with Gasteiger partial charge in [-0.25, -0.2) is 4.79 Å². The maximum atomic E-state index is 14.5. The van der Waals surface area contributed by atoms with Gasteiger partial charge in [-0.3, -0.25) is 14.5 Å². The Bertz CT molecular complexity index is 1130. The molecule has 0 saturated heterocycles. The zero-order chi connectivity index (χ0) is 22.7. The molecule has 7 heteroatoms. The van der Waals surface area contributed by atoms with E-state index in [1.165, 1.54) is 0 Å². The number of imide groups is 1. The molecule has 0 aromatic heterocycles. The second-order valence-corrected chi connectivity index (χ2v) is 10.3. The van der Waals surface area contributed by atoms with Crippen LogP contribution >= 0.6 is 7.14 Å². The molecule has 2 amide bonds. The maximum Gasteiger partial charge on any atom is 0.329 e. The topological polar surface area (TPSA) is 80.8 Å². The van der Waals surface area contributed by atoms with Gasteiger partial charge in [-0.05, 0) is 19.1 Å². The van der Waals surface area contributed by atoms with E-state index in [0.29, 0.717) is 10.6 Å². The van der Waals surface area contributed by atoms with Gasteiger partial charge in [0.1, 0.15) is 13.2 Å². The van der Waals surface area contributed by atoms with Gasteiger partial charge in [0.25, 0.3) is 11.8 Å². The van der Waals surface area contributed by atoms with Crippen LogP contribution in [0.2, 0.25) is 0 Å². The third-order valence-corrected chi connectivity index (χ3v) is 8.60. The summed E-state index contributed by atoms with van der Waals surface area (Å²) in [4.78, 5) is 40.2. The normalized spacial score (nSPS) is 14.2. The number of hydrogen-bond acceptors (Lipinski definition) is 5. The number of ether oxygens (including phenoxy) is 1. The number of benzene rings is 3. The number of esters is 1. The number of carbonyl (C=O) groups excluding carboxylic acids is 3. The van der Waals surface area contributed by atoms with Crippen molar-refractivity contribution >= 4 is 35.5 Å². The lowest BCUT2D eigenvalue weighted by atomic mass is 10.1. The minimum Gasteiger partial charge on any atom is -0.464 e. The molecule has 0 N–H and O–H groups in total. The Morgan fingerprint density at radius 1 is 0.812 bits per heavy atom. The van der Waals surface area contributed by atoms with E-state index in [4.69, 9.17) is 4.74 Å². The van der Waals surface area contributed by atoms with Crippen molar-refractivity contribution in [3.63, 3.8) is 0 Å². The maximum absolute atomic E-state index is 14.5. The van der Waals surface area contributed by atoms with Crippen LogP contribution in [-0.2, 0) is 14.1 Å². The average Bonchev–Trinajstić information content (AvgIpc) is 3.09. The molecule has 1 aliphatic heterocycles. The van der Waals surface area contributed by atoms with E-state index in [1.807, 2.05) is 12.1 Å². The molecule has 162 valence electrons. The smallest absolute Gasteiger partial charge is 0.329 e. The van der Waals surface area contributed by atoms with Gasteiger partial charge in [-0.15, -0.1) is 0 Å². The molecule has 4 rings (SSSR count). The van der Waals surface area contributed by atoms with Gasteiger partial charge in [-0.2, -0.15) is 0 Å². The van der Waals surface area contributed by atoms with Crippen molar-refractivity contribution in [1.29, 1.82) is 0 Å². The highest BCUT2D eigenvalue weighted by molar-refractivity contribution is 7.78. The minimum absolute atomic E-state index is 0.0689. The fourth-order valence-electron chi connectivity index (χ4n) is 3.93. The number of hydrogen-bond donors (Lipinski definition) is 0. The predicted molar refractivity (Wildman–Crippen MR) is 122 cm³/mol. The van der Waals surface area contributed by atoms with E-state index >= 15 is 0 Å². The van der Waals surface area contributed by atoms with Crippen LogP contribution in [0.25, 0.3) is 0 Å². The Kier molecular flexibility index (Phi) is 6.06. The zero-order valence-electron chi connectivity index (χ0n) is 17.5. The Balaban J connectivity index is 1.82. The number of amides is 2. The largest absolute Gasteiger partial charge is 0.464 e. The van der Waals surface area contributed by atoms with Gasteiger partial charge in [0.15, 0.2) is 0 Å². The Labute approximate surface area is 186 Å². The van der Waals surface area contributed by atoms with Crippen molar-refractivity contribution in [3.05, 3.63) is 96.1 Å². The SMILES string of the molecule is CCOC(=O)C(CP(=O)(c1ccccc1)c1ccccc1)N1C(=O)c2ccccc2C1=O. The van der Waals surface area contributed by atoms with Crippen LogP contribution in [0.5, 0.6) is 0 Å². The van der Waals surface area contributed by atoms with Crippen LogP contribution in [0.15, 0.2) is 84.9 Å². The summed E-state index contributed by atoms with van der Waals surface area (Å²) in [5, 5.41) is 1.08. The summed E-state index contributed by atoms with van der Waals surface area (Å²) in [5.41, 5.74) is 0.446. The molecule has 0 radical (unpaired) electrons. The monoisotopic (exact) mass is 447 g/mol. The first-order valence-corrected chi connectivity index (χ1v) is 12.2. The first-order valence-electron chi connectivity index (χ1n) is 10.3. The average molecular weight is 447 g/mol. The summed E-state index contributed by atoms with van der Waals surface area (Å²) >= 11 is 0. The zero-order valence-corrected chi connectivity index (χ0v) is 18.4. The van der Waals surface area contributed by atoms with Crippen molar-refractivity contribution in [2.45, 2.75) is 13.0 Å². The molecule has 1 aliphatic rings. The summed E-state index contributed by atoms with van der Waals surface area (Å²) < 4.78 is 19.7. The second-order valence-electron chi connectivity index (χ2n) is 7.39. The molecule has 3 aromatic carbocycles. The molecule has 0 bridgehead atoms. The Hall–Kier alpha value is -3.50. The molecule has 1 unspecified atom stereocenters. The van der Waals surface area contributed by atoms with Gasteiger partial charge in [0, 0.05) is 16.8 Å². The van der Waals surface area contributed by atoms with Gasteiger partial charge in [0.2, 0.25) is 0 Å². The lowest BCUT2D eigenvalue weighted by Crippen LogP contribution is -2.49. The highest BCUT2D eigenvalue weighted by atomic mass is 31.2. The van der Waals surface area contributed by atoms with Crippen LogP contribution in [-0.4, -0.2) is 41.5 Å². The van der Waals surface area contributed by atoms with E-state index in [1.54, 1.807) is 79.7 Å². The highest BCUT2D eigenvalue weighted by Crippen LogP contribution is 2.45. The van der Waals surface area contributed by atoms with E-state index < -0.39 is 31.0 Å². The molecule has 1 atom stereocenters. The minimum atomic E-state index is -3.41. The molecule has 3 aromatic rings. The van der Waals surface area contributed by atoms with Crippen molar-refractivity contribution in [1.82, 2.24) is 4.90 Å². The van der Waals surface area contributed by atoms with Crippen molar-refractivity contribution in [2.24, 2.45) is 0 Å². The molecular weight excluding hydrogens is 425 g/mol. The molecule has 32 heavy (non-hydrogen) atoms. The van der Waals surface area contributed by atoms with Crippen LogP contribution in [0.1, 0.15) is 27.6 Å². The summed E-state index contributed by atoms with van der Waals surface area (Å²) in [6, 6.07) is 22.7. The van der Waals surface area contributed by atoms with Gasteiger partial charge in [-0.1, -0.05) is 72.8 Å². The van der Waals surface area contributed by atoms with Gasteiger partial charge >= 0.3 is 5.97 Å². The standard InChI is InChI=1S/C25H22NO5P/c1-2-31-25(29)22(26-23(27)20-15-9-10-16-21(20)24(26)28)17-32(30,18-11-5-3-6-12-18)19-13-7-4-8-14-19/h3-16,22H,2,17H2,1H3. The van der Waals surface area contributed by atoms with E-state index in [2.05, 4.69) is 0 Å². The van der Waals surface area contributed by atoms with Crippen LogP contribution in [0.3, 0.4) is 0 Å². The molecular formula is C25H22NO5P. The first kappa shape index (κ1) is 21.7. The number of fused-ring (bicyclic) bond motifs is 1. The number of rotatable bonds is 7. The molecule has 0 spiro atoms. The third-order valence-electron chi connectivity index (χ3n) is 5.47. The molecule has 0 saturated carbocycles. The van der Waals surface area contributed by atoms with Crippen LogP contribution < -0.4 is 10.6 Å². The predicted octanol–water partition coefficient (Wildman–Crippen LogP) is 3.23. The molecule has 6 nitrogen and oxygen atoms in total. The van der Waals surface area contributed by atoms with Crippen LogP contribution in [0, 0.1) is 0 Å². The molecule has 0 fully saturated rings. The van der Waals surface area contributed by atoms with Crippen LogP contribution in [0.4, 0.5) is 0 Å². The van der Waals surface area contributed by atoms with E-state index in [0.717, 1.165) is 4.90 Å². The van der Waals surface area contributed by atoms with E-state index in [9.17, 15) is 18.9 Å². The van der Waals surface area contributed by atoms with Crippen molar-refractivity contribution in [3.8, 4) is 0 Å². The van der Waals surface area contributed by atoms with Crippen molar-refractivity contribution in [2.75, 3.05) is 12.8 Å². The number of carbonyl (C=O) groups is 3. The fourth-order valence-corrected chi connectivity index (χ4v) is 6.76. The fraction of sp³-hybridized carbons (Fsp3) is 0.160. The van der Waals surface area contributed by atoms with Gasteiger partial charge in [0.05, 0.1) is 17.7 Å². The van der Waals surface area contributed by atoms with Crippen molar-refractivity contribution < 1.29 is 23.7 Å². The Morgan fingerprint density at radius 2 is 1.25 bits per heavy atom. The van der Waals surface area contributed by atoms with E-state index in [-0.39, 0.29) is 23.9 Å². The second kappa shape index (κ2) is 8.93.